The summed E-state index contributed by atoms with van der Waals surface area (Å²) < 4.78 is 19.3. The maximum Gasteiger partial charge on any atom is 0.220 e. The Bertz CT molecular complexity index is 659. The van der Waals surface area contributed by atoms with E-state index in [1.807, 2.05) is 25.1 Å². The fourth-order valence-electron chi connectivity index (χ4n) is 2.03. The van der Waals surface area contributed by atoms with Gasteiger partial charge in [-0.25, -0.2) is 4.39 Å². The third-order valence-electron chi connectivity index (χ3n) is 3.16. The molecule has 4 nitrogen and oxygen atoms in total. The molecule has 1 amide bonds. The van der Waals surface area contributed by atoms with Crippen molar-refractivity contribution in [2.24, 2.45) is 5.73 Å². The number of nitrogens with one attached hydrogen (secondary N) is 1. The minimum atomic E-state index is -0.410. The Labute approximate surface area is 129 Å². The van der Waals surface area contributed by atoms with Crippen LogP contribution >= 0.6 is 0 Å². The van der Waals surface area contributed by atoms with E-state index in [0.717, 1.165) is 11.3 Å². The van der Waals surface area contributed by atoms with Gasteiger partial charge in [-0.3, -0.25) is 4.79 Å². The molecule has 2 aromatic rings. The molecule has 0 fully saturated rings. The molecule has 3 N–H and O–H groups in total. The predicted octanol–water partition coefficient (Wildman–Crippen LogP) is 3.00. The van der Waals surface area contributed by atoms with Gasteiger partial charge in [0.25, 0.3) is 0 Å². The average molecular weight is 302 g/mol. The zero-order chi connectivity index (χ0) is 15.9. The van der Waals surface area contributed by atoms with Gasteiger partial charge in [0.05, 0.1) is 18.7 Å². The number of rotatable bonds is 7. The topological polar surface area (TPSA) is 64.3 Å². The van der Waals surface area contributed by atoms with Crippen molar-refractivity contribution in [2.75, 3.05) is 11.9 Å². The van der Waals surface area contributed by atoms with Crippen LogP contribution in [-0.4, -0.2) is 12.5 Å². The molecule has 0 saturated carbocycles. The fourth-order valence-corrected chi connectivity index (χ4v) is 2.03. The zero-order valence-electron chi connectivity index (χ0n) is 12.4. The summed E-state index contributed by atoms with van der Waals surface area (Å²) in [5.74, 6) is -0.0469. The lowest BCUT2D eigenvalue weighted by atomic mass is 10.1. The van der Waals surface area contributed by atoms with E-state index in [0.29, 0.717) is 17.9 Å². The minimum Gasteiger partial charge on any atom is -0.491 e. The second-order valence-electron chi connectivity index (χ2n) is 5.01. The lowest BCUT2D eigenvalue weighted by Crippen LogP contribution is -2.15. The van der Waals surface area contributed by atoms with Crippen molar-refractivity contribution in [1.29, 1.82) is 0 Å². The van der Waals surface area contributed by atoms with Crippen LogP contribution in [-0.2, 0) is 11.3 Å². The number of anilines is 1. The fraction of sp³-hybridized carbons (Fsp3) is 0.235. The molecule has 0 aliphatic carbocycles. The van der Waals surface area contributed by atoms with Crippen molar-refractivity contribution in [3.63, 3.8) is 0 Å². The molecule has 0 atom stereocenters. The average Bonchev–Trinajstić information content (AvgIpc) is 2.49. The number of amides is 1. The van der Waals surface area contributed by atoms with Gasteiger partial charge in [-0.2, -0.15) is 0 Å². The Morgan fingerprint density at radius 1 is 1.27 bits per heavy atom. The van der Waals surface area contributed by atoms with Crippen molar-refractivity contribution < 1.29 is 13.9 Å². The highest BCUT2D eigenvalue weighted by molar-refractivity contribution is 5.73. The lowest BCUT2D eigenvalue weighted by Gasteiger charge is -2.13. The second-order valence-corrected chi connectivity index (χ2v) is 5.01. The third-order valence-corrected chi connectivity index (χ3v) is 3.16. The highest BCUT2D eigenvalue weighted by Crippen LogP contribution is 2.25. The van der Waals surface area contributed by atoms with Crippen LogP contribution in [0.15, 0.2) is 42.5 Å². The molecule has 2 aromatic carbocycles. The number of aryl methyl sites for hydroxylation is 1. The van der Waals surface area contributed by atoms with Gasteiger partial charge in [-0.1, -0.05) is 29.8 Å². The maximum absolute atomic E-state index is 13.7. The molecular formula is C17H19FN2O2. The van der Waals surface area contributed by atoms with E-state index in [4.69, 9.17) is 10.5 Å². The Morgan fingerprint density at radius 3 is 2.82 bits per heavy atom. The second kappa shape index (κ2) is 7.45. The molecule has 0 aromatic heterocycles. The highest BCUT2D eigenvalue weighted by Gasteiger charge is 2.06. The van der Waals surface area contributed by atoms with E-state index < -0.39 is 5.91 Å². The van der Waals surface area contributed by atoms with Crippen LogP contribution in [0.4, 0.5) is 10.1 Å². The number of halogens is 1. The van der Waals surface area contributed by atoms with Gasteiger partial charge in [0, 0.05) is 12.1 Å². The Kier molecular flexibility index (Phi) is 5.36. The Hall–Kier alpha value is -2.56. The van der Waals surface area contributed by atoms with E-state index in [1.54, 1.807) is 18.2 Å². The third kappa shape index (κ3) is 4.48. The molecule has 0 bridgehead atoms. The van der Waals surface area contributed by atoms with Crippen LogP contribution in [0.5, 0.6) is 5.75 Å². The van der Waals surface area contributed by atoms with Crippen LogP contribution in [0.1, 0.15) is 17.5 Å². The lowest BCUT2D eigenvalue weighted by molar-refractivity contribution is -0.118. The molecule has 0 aliphatic heterocycles. The molecular weight excluding hydrogens is 283 g/mol. The van der Waals surface area contributed by atoms with Gasteiger partial charge in [-0.15, -0.1) is 0 Å². The van der Waals surface area contributed by atoms with Crippen LogP contribution in [0.3, 0.4) is 0 Å². The molecule has 0 radical (unpaired) electrons. The number of hydrogen-bond acceptors (Lipinski definition) is 3. The van der Waals surface area contributed by atoms with Crippen molar-refractivity contribution in [3.05, 3.63) is 59.4 Å². The van der Waals surface area contributed by atoms with Crippen LogP contribution in [0.25, 0.3) is 0 Å². The van der Waals surface area contributed by atoms with Gasteiger partial charge in [0.15, 0.2) is 0 Å². The van der Waals surface area contributed by atoms with Crippen molar-refractivity contribution in [1.82, 2.24) is 0 Å². The predicted molar refractivity (Wildman–Crippen MR) is 84.2 cm³/mol. The summed E-state index contributed by atoms with van der Waals surface area (Å²) in [7, 11) is 0. The van der Waals surface area contributed by atoms with Gasteiger partial charge < -0.3 is 15.8 Å². The number of ether oxygens (including phenoxy) is 1. The monoisotopic (exact) mass is 302 g/mol. The SMILES string of the molecule is Cc1ccc(F)c(CNc2ccccc2OCCC(N)=O)c1. The molecule has 5 heteroatoms. The van der Waals surface area contributed by atoms with E-state index in [-0.39, 0.29) is 18.8 Å². The number of carbonyl (C=O) groups excluding carboxylic acids is 1. The molecule has 22 heavy (non-hydrogen) atoms. The number of para-hydroxylation sites is 2. The normalized spacial score (nSPS) is 10.3. The quantitative estimate of drug-likeness (QED) is 0.826. The molecule has 0 aliphatic rings. The van der Waals surface area contributed by atoms with Crippen molar-refractivity contribution >= 4 is 11.6 Å². The summed E-state index contributed by atoms with van der Waals surface area (Å²) in [4.78, 5) is 10.7. The number of nitrogens with two attached hydrogens (primary N) is 1. The van der Waals surface area contributed by atoms with Crippen LogP contribution < -0.4 is 15.8 Å². The summed E-state index contributed by atoms with van der Waals surface area (Å²) in [6, 6.07) is 12.3. The molecule has 0 heterocycles. The summed E-state index contributed by atoms with van der Waals surface area (Å²) in [5.41, 5.74) is 7.42. The minimum absolute atomic E-state index is 0.154. The largest absolute Gasteiger partial charge is 0.491 e. The summed E-state index contributed by atoms with van der Waals surface area (Å²) >= 11 is 0. The molecule has 0 saturated heterocycles. The van der Waals surface area contributed by atoms with Gasteiger partial charge >= 0.3 is 0 Å². The van der Waals surface area contributed by atoms with Gasteiger partial charge in [0.1, 0.15) is 11.6 Å². The zero-order valence-corrected chi connectivity index (χ0v) is 12.4. The first-order valence-corrected chi connectivity index (χ1v) is 7.05. The Morgan fingerprint density at radius 2 is 2.05 bits per heavy atom. The first-order chi connectivity index (χ1) is 10.6. The summed E-state index contributed by atoms with van der Waals surface area (Å²) in [6.07, 6.45) is 0.154. The molecule has 0 spiro atoms. The highest BCUT2D eigenvalue weighted by atomic mass is 19.1. The molecule has 116 valence electrons. The van der Waals surface area contributed by atoms with Crippen molar-refractivity contribution in [3.8, 4) is 5.75 Å². The number of hydrogen-bond donors (Lipinski definition) is 2. The maximum atomic E-state index is 13.7. The van der Waals surface area contributed by atoms with E-state index >= 15 is 0 Å². The summed E-state index contributed by atoms with van der Waals surface area (Å²) in [6.45, 7) is 2.49. The standard InChI is InChI=1S/C17H19FN2O2/c1-12-6-7-14(18)13(10-12)11-20-15-4-2-3-5-16(15)22-9-8-17(19)21/h2-7,10,20H,8-9,11H2,1H3,(H2,19,21). The van der Waals surface area contributed by atoms with E-state index in [2.05, 4.69) is 5.32 Å². The van der Waals surface area contributed by atoms with E-state index in [1.165, 1.54) is 6.07 Å². The first-order valence-electron chi connectivity index (χ1n) is 7.05. The van der Waals surface area contributed by atoms with Gasteiger partial charge in [-0.05, 0) is 25.1 Å². The number of primary amides is 1. The van der Waals surface area contributed by atoms with E-state index in [9.17, 15) is 9.18 Å². The Balaban J connectivity index is 2.03. The summed E-state index contributed by atoms with van der Waals surface area (Å²) in [5, 5.41) is 3.15. The molecule has 0 unspecified atom stereocenters. The van der Waals surface area contributed by atoms with Crippen LogP contribution in [0, 0.1) is 12.7 Å². The first kappa shape index (κ1) is 15.8. The number of benzene rings is 2. The van der Waals surface area contributed by atoms with Crippen molar-refractivity contribution in [2.45, 2.75) is 19.9 Å². The van der Waals surface area contributed by atoms with Crippen LogP contribution in [0.2, 0.25) is 0 Å². The number of carbonyl (C=O) groups is 1. The smallest absolute Gasteiger partial charge is 0.220 e. The van der Waals surface area contributed by atoms with Gasteiger partial charge in [0.2, 0.25) is 5.91 Å². The molecule has 2 rings (SSSR count).